The first kappa shape index (κ1) is 23.1. The first-order chi connectivity index (χ1) is 13.4. The fourth-order valence-electron chi connectivity index (χ4n) is 2.30. The monoisotopic (exact) mass is 459 g/mol. The predicted octanol–water partition coefficient (Wildman–Crippen LogP) is 5.39. The van der Waals surface area contributed by atoms with Gasteiger partial charge < -0.3 is 19.9 Å². The highest BCUT2D eigenvalue weighted by molar-refractivity contribution is 6.44. The molecule has 0 saturated heterocycles. The van der Waals surface area contributed by atoms with E-state index < -0.39 is 23.7 Å². The van der Waals surface area contributed by atoms with E-state index in [-0.39, 0.29) is 33.0 Å². The number of esters is 1. The molecule has 2 N–H and O–H groups in total. The number of aromatic hydroxyl groups is 1. The number of hydrogen-bond donors (Lipinski definition) is 2. The average molecular weight is 461 g/mol. The molecular formula is C20H20Cl3NO5. The van der Waals surface area contributed by atoms with E-state index in [0.717, 1.165) is 0 Å². The normalized spacial score (nSPS) is 12.2. The fourth-order valence-corrected chi connectivity index (χ4v) is 2.92. The largest absolute Gasteiger partial charge is 0.508 e. The number of nitrogens with one attached hydrogen (secondary N) is 1. The summed E-state index contributed by atoms with van der Waals surface area (Å²) in [5.74, 6) is -0.742. The third kappa shape index (κ3) is 7.31. The zero-order valence-corrected chi connectivity index (χ0v) is 18.2. The number of benzene rings is 2. The summed E-state index contributed by atoms with van der Waals surface area (Å²) >= 11 is 18.0. The average Bonchev–Trinajstić information content (AvgIpc) is 2.58. The molecule has 0 fully saturated rings. The number of amides is 1. The van der Waals surface area contributed by atoms with Crippen LogP contribution in [-0.4, -0.2) is 28.8 Å². The van der Waals surface area contributed by atoms with Crippen molar-refractivity contribution in [3.05, 3.63) is 57.0 Å². The molecule has 0 saturated carbocycles. The minimum absolute atomic E-state index is 0.0186. The Bertz CT molecular complexity index is 894. The second-order valence-electron chi connectivity index (χ2n) is 7.19. The fraction of sp³-hybridized carbons (Fsp3) is 0.300. The Hall–Kier alpha value is -2.15. The Balaban J connectivity index is 2.24. The van der Waals surface area contributed by atoms with Crippen LogP contribution in [0.4, 0.5) is 4.79 Å². The minimum Gasteiger partial charge on any atom is -0.508 e. The van der Waals surface area contributed by atoms with Gasteiger partial charge in [-0.05, 0) is 44.5 Å². The van der Waals surface area contributed by atoms with Crippen LogP contribution in [0.25, 0.3) is 0 Å². The number of carbonyl (C=O) groups excluding carboxylic acids is 2. The summed E-state index contributed by atoms with van der Waals surface area (Å²) in [4.78, 5) is 25.0. The van der Waals surface area contributed by atoms with Crippen LogP contribution < -0.4 is 10.1 Å². The number of phenolic OH excluding ortho intramolecular Hbond substituents is 1. The van der Waals surface area contributed by atoms with Crippen molar-refractivity contribution >= 4 is 46.9 Å². The Morgan fingerprint density at radius 2 is 1.72 bits per heavy atom. The molecule has 0 aliphatic heterocycles. The van der Waals surface area contributed by atoms with Crippen molar-refractivity contribution in [1.29, 1.82) is 0 Å². The molecule has 0 unspecified atom stereocenters. The van der Waals surface area contributed by atoms with E-state index in [9.17, 15) is 14.7 Å². The van der Waals surface area contributed by atoms with Crippen LogP contribution in [0.5, 0.6) is 11.5 Å². The number of hydrogen-bond acceptors (Lipinski definition) is 5. The molecule has 0 spiro atoms. The highest BCUT2D eigenvalue weighted by Crippen LogP contribution is 2.35. The van der Waals surface area contributed by atoms with Gasteiger partial charge in [0.05, 0.1) is 5.02 Å². The first-order valence-corrected chi connectivity index (χ1v) is 9.71. The molecule has 0 aliphatic rings. The Morgan fingerprint density at radius 1 is 1.10 bits per heavy atom. The Labute approximate surface area is 183 Å². The second kappa shape index (κ2) is 9.57. The zero-order chi connectivity index (χ0) is 21.8. The quantitative estimate of drug-likeness (QED) is 0.355. The summed E-state index contributed by atoms with van der Waals surface area (Å²) in [6.45, 7) is 5.11. The first-order valence-electron chi connectivity index (χ1n) is 8.58. The molecule has 9 heteroatoms. The van der Waals surface area contributed by atoms with Gasteiger partial charge >= 0.3 is 12.1 Å². The molecule has 156 valence electrons. The standard InChI is InChI=1S/C20H20Cl3NO5/c1-20(2,3)29-19(27)24-15(8-11-4-6-13(25)7-5-11)18(26)28-16-10-12(21)9-14(22)17(16)23/h4-7,9-10,15,25H,8H2,1-3H3,(H,24,27)/t15-/m0/s1. The van der Waals surface area contributed by atoms with Crippen LogP contribution in [0.1, 0.15) is 26.3 Å². The van der Waals surface area contributed by atoms with Gasteiger partial charge in [-0.15, -0.1) is 0 Å². The number of carbonyl (C=O) groups is 2. The molecule has 1 atom stereocenters. The predicted molar refractivity (Wildman–Crippen MR) is 112 cm³/mol. The molecule has 2 aromatic rings. The number of rotatable bonds is 5. The van der Waals surface area contributed by atoms with E-state index in [4.69, 9.17) is 44.3 Å². The smallest absolute Gasteiger partial charge is 0.408 e. The van der Waals surface area contributed by atoms with E-state index in [1.165, 1.54) is 24.3 Å². The molecule has 2 aromatic carbocycles. The van der Waals surface area contributed by atoms with Gasteiger partial charge in [0.15, 0.2) is 5.75 Å². The molecule has 0 aliphatic carbocycles. The highest BCUT2D eigenvalue weighted by Gasteiger charge is 2.27. The topological polar surface area (TPSA) is 84.9 Å². The summed E-state index contributed by atoms with van der Waals surface area (Å²) in [6, 6.07) is 7.85. The van der Waals surface area contributed by atoms with Crippen molar-refractivity contribution < 1.29 is 24.2 Å². The molecule has 0 aromatic heterocycles. The lowest BCUT2D eigenvalue weighted by Gasteiger charge is -2.23. The van der Waals surface area contributed by atoms with Gasteiger partial charge in [0.25, 0.3) is 0 Å². The molecule has 2 rings (SSSR count). The number of ether oxygens (including phenoxy) is 2. The number of halogens is 3. The van der Waals surface area contributed by atoms with Crippen molar-refractivity contribution in [3.8, 4) is 11.5 Å². The number of phenols is 1. The van der Waals surface area contributed by atoms with Crippen LogP contribution in [0, 0.1) is 0 Å². The van der Waals surface area contributed by atoms with Crippen molar-refractivity contribution in [2.45, 2.75) is 38.8 Å². The SMILES string of the molecule is CC(C)(C)OC(=O)N[C@@H](Cc1ccc(O)cc1)C(=O)Oc1cc(Cl)cc(Cl)c1Cl. The lowest BCUT2D eigenvalue weighted by Crippen LogP contribution is -2.46. The molecule has 0 bridgehead atoms. The van der Waals surface area contributed by atoms with Crippen LogP contribution in [0.15, 0.2) is 36.4 Å². The second-order valence-corrected chi connectivity index (χ2v) is 8.41. The molecule has 0 heterocycles. The van der Waals surface area contributed by atoms with Gasteiger partial charge in [0.1, 0.15) is 22.4 Å². The summed E-state index contributed by atoms with van der Waals surface area (Å²) in [5.41, 5.74) is -0.0723. The van der Waals surface area contributed by atoms with E-state index >= 15 is 0 Å². The lowest BCUT2D eigenvalue weighted by molar-refractivity contribution is -0.136. The van der Waals surface area contributed by atoms with Crippen LogP contribution in [0.2, 0.25) is 15.1 Å². The lowest BCUT2D eigenvalue weighted by atomic mass is 10.1. The van der Waals surface area contributed by atoms with Gasteiger partial charge in [-0.2, -0.15) is 0 Å². The molecular weight excluding hydrogens is 441 g/mol. The van der Waals surface area contributed by atoms with E-state index in [1.807, 2.05) is 0 Å². The van der Waals surface area contributed by atoms with Gasteiger partial charge in [-0.3, -0.25) is 0 Å². The maximum absolute atomic E-state index is 12.8. The molecule has 6 nitrogen and oxygen atoms in total. The summed E-state index contributed by atoms with van der Waals surface area (Å²) in [7, 11) is 0. The third-order valence-electron chi connectivity index (χ3n) is 3.52. The Morgan fingerprint density at radius 3 is 2.31 bits per heavy atom. The Kier molecular flexibility index (Phi) is 7.63. The highest BCUT2D eigenvalue weighted by atomic mass is 35.5. The van der Waals surface area contributed by atoms with Crippen LogP contribution in [-0.2, 0) is 16.0 Å². The molecule has 1 amide bonds. The zero-order valence-electron chi connectivity index (χ0n) is 16.0. The summed E-state index contributed by atoms with van der Waals surface area (Å²) in [6.07, 6.45) is -0.696. The van der Waals surface area contributed by atoms with Crippen LogP contribution >= 0.6 is 34.8 Å². The molecule has 0 radical (unpaired) electrons. The van der Waals surface area contributed by atoms with E-state index in [1.54, 1.807) is 32.9 Å². The molecule has 29 heavy (non-hydrogen) atoms. The van der Waals surface area contributed by atoms with Crippen molar-refractivity contribution in [2.75, 3.05) is 0 Å². The maximum Gasteiger partial charge on any atom is 0.408 e. The van der Waals surface area contributed by atoms with Gasteiger partial charge in [-0.25, -0.2) is 9.59 Å². The van der Waals surface area contributed by atoms with Gasteiger partial charge in [0, 0.05) is 17.5 Å². The summed E-state index contributed by atoms with van der Waals surface area (Å²) in [5, 5.41) is 12.3. The van der Waals surface area contributed by atoms with Crippen molar-refractivity contribution in [1.82, 2.24) is 5.32 Å². The number of alkyl carbamates (subject to hydrolysis) is 1. The van der Waals surface area contributed by atoms with Crippen molar-refractivity contribution in [3.63, 3.8) is 0 Å². The third-order valence-corrected chi connectivity index (χ3v) is 4.52. The van der Waals surface area contributed by atoms with Gasteiger partial charge in [-0.1, -0.05) is 46.9 Å². The summed E-state index contributed by atoms with van der Waals surface area (Å²) < 4.78 is 10.6. The van der Waals surface area contributed by atoms with Crippen molar-refractivity contribution in [2.24, 2.45) is 0 Å². The van der Waals surface area contributed by atoms with Crippen LogP contribution in [0.3, 0.4) is 0 Å². The van der Waals surface area contributed by atoms with E-state index in [0.29, 0.717) is 5.56 Å². The van der Waals surface area contributed by atoms with E-state index in [2.05, 4.69) is 5.32 Å². The minimum atomic E-state index is -1.09. The maximum atomic E-state index is 12.8. The van der Waals surface area contributed by atoms with Gasteiger partial charge in [0.2, 0.25) is 0 Å².